The van der Waals surface area contributed by atoms with E-state index in [1.807, 2.05) is 19.9 Å². The molecule has 0 spiro atoms. The summed E-state index contributed by atoms with van der Waals surface area (Å²) in [6.45, 7) is 3.73. The van der Waals surface area contributed by atoms with Gasteiger partial charge in [-0.1, -0.05) is 24.3 Å². The van der Waals surface area contributed by atoms with Crippen molar-refractivity contribution in [1.29, 1.82) is 0 Å². The molecule has 3 aromatic rings. The molecule has 2 aromatic heterocycles. The van der Waals surface area contributed by atoms with Gasteiger partial charge in [0.2, 0.25) is 0 Å². The molecule has 0 bridgehead atoms. The Bertz CT molecular complexity index is 933. The van der Waals surface area contributed by atoms with Crippen molar-refractivity contribution < 1.29 is 9.53 Å². The first kappa shape index (κ1) is 15.9. The van der Waals surface area contributed by atoms with E-state index in [1.165, 1.54) is 4.68 Å². The van der Waals surface area contributed by atoms with Crippen molar-refractivity contribution >= 4 is 16.7 Å². The number of pyridine rings is 1. The summed E-state index contributed by atoms with van der Waals surface area (Å²) >= 11 is 0. The van der Waals surface area contributed by atoms with Crippen molar-refractivity contribution in [3.8, 4) is 0 Å². The number of carbonyl (C=O) groups excluding carboxylic acids is 1. The minimum absolute atomic E-state index is 0.0521. The minimum Gasteiger partial charge on any atom is -0.454 e. The summed E-state index contributed by atoms with van der Waals surface area (Å²) < 4.78 is 6.62. The number of carbonyl (C=O) groups is 1. The second kappa shape index (κ2) is 6.62. The van der Waals surface area contributed by atoms with Gasteiger partial charge in [0.15, 0.2) is 5.69 Å². The molecule has 0 atom stereocenters. The van der Waals surface area contributed by atoms with Gasteiger partial charge in [0.05, 0.1) is 17.1 Å². The lowest BCUT2D eigenvalue weighted by atomic mass is 10.1. The summed E-state index contributed by atoms with van der Waals surface area (Å²) in [5.41, 5.74) is 0.559. The summed E-state index contributed by atoms with van der Waals surface area (Å²) in [4.78, 5) is 29.1. The molecule has 0 aliphatic rings. The Morgan fingerprint density at radius 2 is 1.83 bits per heavy atom. The van der Waals surface area contributed by atoms with Gasteiger partial charge < -0.3 is 4.74 Å². The molecular weight excluding hydrogens is 306 g/mol. The summed E-state index contributed by atoms with van der Waals surface area (Å²) in [5, 5.41) is 5.16. The van der Waals surface area contributed by atoms with Crippen LogP contribution in [0, 0.1) is 0 Å². The third kappa shape index (κ3) is 3.03. The van der Waals surface area contributed by atoms with Crippen LogP contribution < -0.4 is 5.56 Å². The summed E-state index contributed by atoms with van der Waals surface area (Å²) in [6.07, 6.45) is 1.63. The van der Waals surface area contributed by atoms with E-state index in [4.69, 9.17) is 4.74 Å². The third-order valence-electron chi connectivity index (χ3n) is 3.59. The van der Waals surface area contributed by atoms with Crippen molar-refractivity contribution in [3.63, 3.8) is 0 Å². The zero-order valence-electron chi connectivity index (χ0n) is 13.5. The molecule has 6 nitrogen and oxygen atoms in total. The normalized spacial score (nSPS) is 11.0. The number of fused-ring (bicyclic) bond motifs is 1. The van der Waals surface area contributed by atoms with E-state index in [0.717, 1.165) is 0 Å². The summed E-state index contributed by atoms with van der Waals surface area (Å²) in [6, 6.07) is 12.1. The molecule has 122 valence electrons. The molecule has 0 unspecified atom stereocenters. The SMILES string of the molecule is CC(C)n1nc(C(=O)OCc2ccccn2)c2ccccc2c1=O. The van der Waals surface area contributed by atoms with E-state index in [0.29, 0.717) is 16.5 Å². The van der Waals surface area contributed by atoms with Crippen LogP contribution in [0.2, 0.25) is 0 Å². The van der Waals surface area contributed by atoms with Crippen LogP contribution in [0.25, 0.3) is 10.8 Å². The van der Waals surface area contributed by atoms with Crippen LogP contribution in [-0.2, 0) is 11.3 Å². The topological polar surface area (TPSA) is 74.1 Å². The Labute approximate surface area is 138 Å². The van der Waals surface area contributed by atoms with Crippen molar-refractivity contribution in [1.82, 2.24) is 14.8 Å². The molecule has 0 aliphatic carbocycles. The van der Waals surface area contributed by atoms with Crippen molar-refractivity contribution in [3.05, 3.63) is 70.4 Å². The molecule has 6 heteroatoms. The van der Waals surface area contributed by atoms with Gasteiger partial charge in [-0.25, -0.2) is 9.48 Å². The molecule has 0 amide bonds. The maximum absolute atomic E-state index is 12.5. The van der Waals surface area contributed by atoms with Crippen LogP contribution in [0.5, 0.6) is 0 Å². The summed E-state index contributed by atoms with van der Waals surface area (Å²) in [5.74, 6) is -0.578. The fraction of sp³-hybridized carbons (Fsp3) is 0.222. The molecule has 0 fully saturated rings. The largest absolute Gasteiger partial charge is 0.454 e. The molecule has 0 saturated heterocycles. The lowest BCUT2D eigenvalue weighted by Gasteiger charge is -2.13. The second-order valence-corrected chi connectivity index (χ2v) is 5.63. The first-order valence-electron chi connectivity index (χ1n) is 7.66. The smallest absolute Gasteiger partial charge is 0.359 e. The van der Waals surface area contributed by atoms with E-state index in [-0.39, 0.29) is 23.9 Å². The monoisotopic (exact) mass is 323 g/mol. The number of hydrogen-bond acceptors (Lipinski definition) is 5. The van der Waals surface area contributed by atoms with Crippen LogP contribution in [0.1, 0.15) is 36.1 Å². The molecule has 3 rings (SSSR count). The van der Waals surface area contributed by atoms with E-state index in [1.54, 1.807) is 42.6 Å². The van der Waals surface area contributed by atoms with Gasteiger partial charge in [0.25, 0.3) is 5.56 Å². The number of hydrogen-bond donors (Lipinski definition) is 0. The second-order valence-electron chi connectivity index (χ2n) is 5.63. The quantitative estimate of drug-likeness (QED) is 0.690. The molecule has 1 aromatic carbocycles. The van der Waals surface area contributed by atoms with Crippen LogP contribution in [0.3, 0.4) is 0 Å². The van der Waals surface area contributed by atoms with E-state index in [2.05, 4.69) is 10.1 Å². The number of benzene rings is 1. The Balaban J connectivity index is 2.00. The Morgan fingerprint density at radius 3 is 2.50 bits per heavy atom. The number of aromatic nitrogens is 3. The van der Waals surface area contributed by atoms with Crippen LogP contribution >= 0.6 is 0 Å². The molecule has 0 radical (unpaired) electrons. The maximum Gasteiger partial charge on any atom is 0.359 e. The predicted molar refractivity (Wildman–Crippen MR) is 89.7 cm³/mol. The van der Waals surface area contributed by atoms with Crippen LogP contribution in [-0.4, -0.2) is 20.7 Å². The number of esters is 1. The molecule has 2 heterocycles. The number of nitrogens with zero attached hydrogens (tertiary/aromatic N) is 3. The standard InChI is InChI=1S/C18H17N3O3/c1-12(2)21-17(22)15-9-4-3-8-14(15)16(20-21)18(23)24-11-13-7-5-6-10-19-13/h3-10,12H,11H2,1-2H3. The number of ether oxygens (including phenoxy) is 1. The number of rotatable bonds is 4. The highest BCUT2D eigenvalue weighted by Crippen LogP contribution is 2.16. The Kier molecular flexibility index (Phi) is 4.37. The Hall–Kier alpha value is -3.02. The highest BCUT2D eigenvalue weighted by molar-refractivity contribution is 6.02. The first-order valence-corrected chi connectivity index (χ1v) is 7.66. The van der Waals surface area contributed by atoms with Gasteiger partial charge in [-0.2, -0.15) is 5.10 Å². The third-order valence-corrected chi connectivity index (χ3v) is 3.59. The van der Waals surface area contributed by atoms with E-state index >= 15 is 0 Å². The average molecular weight is 323 g/mol. The van der Waals surface area contributed by atoms with Gasteiger partial charge in [-0.3, -0.25) is 9.78 Å². The zero-order chi connectivity index (χ0) is 17.1. The minimum atomic E-state index is -0.578. The lowest BCUT2D eigenvalue weighted by Crippen LogP contribution is -2.27. The van der Waals surface area contributed by atoms with Crippen molar-refractivity contribution in [2.75, 3.05) is 0 Å². The van der Waals surface area contributed by atoms with E-state index in [9.17, 15) is 9.59 Å². The first-order chi connectivity index (χ1) is 11.6. The van der Waals surface area contributed by atoms with Crippen LogP contribution in [0.15, 0.2) is 53.5 Å². The molecule has 0 aliphatic heterocycles. The van der Waals surface area contributed by atoms with Gasteiger partial charge in [0.1, 0.15) is 6.61 Å². The van der Waals surface area contributed by atoms with Gasteiger partial charge in [-0.15, -0.1) is 0 Å². The molecule has 0 N–H and O–H groups in total. The average Bonchev–Trinajstić information content (AvgIpc) is 2.61. The van der Waals surface area contributed by atoms with Crippen LogP contribution in [0.4, 0.5) is 0 Å². The van der Waals surface area contributed by atoms with Crippen molar-refractivity contribution in [2.45, 2.75) is 26.5 Å². The summed E-state index contributed by atoms with van der Waals surface area (Å²) in [7, 11) is 0. The van der Waals surface area contributed by atoms with E-state index < -0.39 is 5.97 Å². The van der Waals surface area contributed by atoms with Gasteiger partial charge in [0, 0.05) is 11.6 Å². The fourth-order valence-electron chi connectivity index (χ4n) is 2.40. The fourth-order valence-corrected chi connectivity index (χ4v) is 2.40. The van der Waals surface area contributed by atoms with Gasteiger partial charge in [-0.05, 0) is 32.0 Å². The molecular formula is C18H17N3O3. The highest BCUT2D eigenvalue weighted by atomic mass is 16.5. The zero-order valence-corrected chi connectivity index (χ0v) is 13.5. The molecule has 24 heavy (non-hydrogen) atoms. The lowest BCUT2D eigenvalue weighted by molar-refractivity contribution is 0.0460. The van der Waals surface area contributed by atoms with Gasteiger partial charge >= 0.3 is 5.97 Å². The Morgan fingerprint density at radius 1 is 1.12 bits per heavy atom. The predicted octanol–water partition coefficient (Wildman–Crippen LogP) is 2.73. The molecule has 0 saturated carbocycles. The van der Waals surface area contributed by atoms with Crippen molar-refractivity contribution in [2.24, 2.45) is 0 Å². The highest BCUT2D eigenvalue weighted by Gasteiger charge is 2.19. The maximum atomic E-state index is 12.5.